The number of carbonyl (C=O) groups is 1. The molecule has 3 aromatic rings. The highest BCUT2D eigenvalue weighted by Crippen LogP contribution is 2.26. The molecule has 0 aliphatic carbocycles. The van der Waals surface area contributed by atoms with Gasteiger partial charge in [-0.05, 0) is 58.0 Å². The lowest BCUT2D eigenvalue weighted by atomic mass is 10.1. The standard InChI is InChI=1S/C21H23FN4O2/c1-13(2)25(17-7-8-19(28-5)18(22)11-17)21(27)16-6-9-20(23-12-16)26-15(4)10-14(3)24-26/h6-13H,1-5H3. The highest BCUT2D eigenvalue weighted by molar-refractivity contribution is 6.06. The number of nitrogens with zero attached hydrogens (tertiary/aromatic N) is 4. The Bertz CT molecular complexity index is 996. The monoisotopic (exact) mass is 382 g/mol. The first-order valence-corrected chi connectivity index (χ1v) is 8.98. The van der Waals surface area contributed by atoms with Crippen molar-refractivity contribution < 1.29 is 13.9 Å². The molecule has 146 valence electrons. The number of ether oxygens (including phenoxy) is 1. The molecule has 0 N–H and O–H groups in total. The molecule has 0 radical (unpaired) electrons. The molecule has 2 aromatic heterocycles. The zero-order valence-electron chi connectivity index (χ0n) is 16.6. The second-order valence-corrected chi connectivity index (χ2v) is 6.83. The van der Waals surface area contributed by atoms with Gasteiger partial charge in [0.2, 0.25) is 0 Å². The molecule has 2 heterocycles. The first-order valence-electron chi connectivity index (χ1n) is 8.98. The van der Waals surface area contributed by atoms with Crippen LogP contribution in [0.5, 0.6) is 5.75 Å². The molecular formula is C21H23FN4O2. The normalized spacial score (nSPS) is 11.0. The summed E-state index contributed by atoms with van der Waals surface area (Å²) in [6, 6.07) is 9.72. The Labute approximate surface area is 163 Å². The Morgan fingerprint density at radius 3 is 2.43 bits per heavy atom. The molecule has 0 aliphatic heterocycles. The molecule has 1 amide bonds. The number of pyridine rings is 1. The zero-order chi connectivity index (χ0) is 20.4. The number of amides is 1. The quantitative estimate of drug-likeness (QED) is 0.667. The Morgan fingerprint density at radius 2 is 1.93 bits per heavy atom. The van der Waals surface area contributed by atoms with Crippen LogP contribution in [-0.2, 0) is 0 Å². The van der Waals surface area contributed by atoms with Gasteiger partial charge < -0.3 is 9.64 Å². The predicted molar refractivity (Wildman–Crippen MR) is 106 cm³/mol. The molecule has 3 rings (SSSR count). The summed E-state index contributed by atoms with van der Waals surface area (Å²) in [7, 11) is 1.40. The van der Waals surface area contributed by atoms with Crippen molar-refractivity contribution >= 4 is 11.6 Å². The topological polar surface area (TPSA) is 60.2 Å². The number of halogens is 1. The van der Waals surface area contributed by atoms with Gasteiger partial charge in [-0.3, -0.25) is 4.79 Å². The summed E-state index contributed by atoms with van der Waals surface area (Å²) in [5.41, 5.74) is 2.73. The number of carbonyl (C=O) groups excluding carboxylic acids is 1. The van der Waals surface area contributed by atoms with Crippen molar-refractivity contribution in [2.24, 2.45) is 0 Å². The highest BCUT2D eigenvalue weighted by Gasteiger charge is 2.22. The van der Waals surface area contributed by atoms with Crippen LogP contribution in [0.1, 0.15) is 35.6 Å². The van der Waals surface area contributed by atoms with Gasteiger partial charge in [0, 0.05) is 29.7 Å². The number of hydrogen-bond acceptors (Lipinski definition) is 4. The number of methoxy groups -OCH3 is 1. The van der Waals surface area contributed by atoms with E-state index in [4.69, 9.17) is 4.74 Å². The van der Waals surface area contributed by atoms with Crippen molar-refractivity contribution in [3.8, 4) is 11.6 Å². The van der Waals surface area contributed by atoms with E-state index in [-0.39, 0.29) is 17.7 Å². The molecule has 7 heteroatoms. The maximum absolute atomic E-state index is 14.1. The van der Waals surface area contributed by atoms with Crippen molar-refractivity contribution in [2.75, 3.05) is 12.0 Å². The van der Waals surface area contributed by atoms with Crippen molar-refractivity contribution in [2.45, 2.75) is 33.7 Å². The number of aromatic nitrogens is 3. The predicted octanol–water partition coefficient (Wildman–Crippen LogP) is 4.09. The van der Waals surface area contributed by atoms with Gasteiger partial charge >= 0.3 is 0 Å². The molecule has 1 aromatic carbocycles. The van der Waals surface area contributed by atoms with E-state index >= 15 is 0 Å². The minimum absolute atomic E-state index is 0.135. The maximum atomic E-state index is 14.1. The third-order valence-corrected chi connectivity index (χ3v) is 4.37. The van der Waals surface area contributed by atoms with Crippen molar-refractivity contribution in [3.05, 3.63) is 65.4 Å². The molecule has 0 aliphatic rings. The van der Waals surface area contributed by atoms with Gasteiger partial charge in [0.25, 0.3) is 5.91 Å². The summed E-state index contributed by atoms with van der Waals surface area (Å²) < 4.78 is 20.8. The molecule has 0 fully saturated rings. The lowest BCUT2D eigenvalue weighted by Crippen LogP contribution is -2.37. The Balaban J connectivity index is 1.92. The van der Waals surface area contributed by atoms with E-state index in [2.05, 4.69) is 10.1 Å². The minimum atomic E-state index is -0.517. The zero-order valence-corrected chi connectivity index (χ0v) is 16.6. The van der Waals surface area contributed by atoms with Crippen LogP contribution in [-0.4, -0.2) is 33.8 Å². The third-order valence-electron chi connectivity index (χ3n) is 4.37. The molecule has 6 nitrogen and oxygen atoms in total. The molecule has 0 spiro atoms. The van der Waals surface area contributed by atoms with Gasteiger partial charge in [0.15, 0.2) is 17.4 Å². The maximum Gasteiger partial charge on any atom is 0.260 e. The second-order valence-electron chi connectivity index (χ2n) is 6.83. The molecule has 0 saturated carbocycles. The molecule has 0 unspecified atom stereocenters. The lowest BCUT2D eigenvalue weighted by molar-refractivity contribution is 0.0980. The van der Waals surface area contributed by atoms with Crippen LogP contribution in [0.25, 0.3) is 5.82 Å². The third kappa shape index (κ3) is 3.74. The summed E-state index contributed by atoms with van der Waals surface area (Å²) in [5, 5.41) is 4.40. The number of anilines is 1. The summed E-state index contributed by atoms with van der Waals surface area (Å²) >= 11 is 0. The summed E-state index contributed by atoms with van der Waals surface area (Å²) in [6.07, 6.45) is 1.52. The number of benzene rings is 1. The molecule has 28 heavy (non-hydrogen) atoms. The first kappa shape index (κ1) is 19.5. The van der Waals surface area contributed by atoms with E-state index in [1.165, 1.54) is 30.3 Å². The Hall–Kier alpha value is -3.22. The average Bonchev–Trinajstić information content (AvgIpc) is 3.00. The van der Waals surface area contributed by atoms with Crippen LogP contribution >= 0.6 is 0 Å². The average molecular weight is 382 g/mol. The smallest absolute Gasteiger partial charge is 0.260 e. The van der Waals surface area contributed by atoms with Gasteiger partial charge in [-0.15, -0.1) is 0 Å². The van der Waals surface area contributed by atoms with Crippen molar-refractivity contribution in [1.29, 1.82) is 0 Å². The van der Waals surface area contributed by atoms with E-state index in [0.29, 0.717) is 17.1 Å². The second kappa shape index (κ2) is 7.80. The fourth-order valence-corrected chi connectivity index (χ4v) is 3.09. The SMILES string of the molecule is COc1ccc(N(C(=O)c2ccc(-n3nc(C)cc3C)nc2)C(C)C)cc1F. The lowest BCUT2D eigenvalue weighted by Gasteiger charge is -2.27. The van der Waals surface area contributed by atoms with Gasteiger partial charge in [0.1, 0.15) is 0 Å². The summed E-state index contributed by atoms with van der Waals surface area (Å²) in [5.74, 6) is -0.00650. The fraction of sp³-hybridized carbons (Fsp3) is 0.286. The Morgan fingerprint density at radius 1 is 1.18 bits per heavy atom. The van der Waals surface area contributed by atoms with Crippen molar-refractivity contribution in [3.63, 3.8) is 0 Å². The van der Waals surface area contributed by atoms with Gasteiger partial charge in [0.05, 0.1) is 18.4 Å². The van der Waals surface area contributed by atoms with E-state index in [0.717, 1.165) is 11.4 Å². The van der Waals surface area contributed by atoms with E-state index in [1.807, 2.05) is 33.8 Å². The fourth-order valence-electron chi connectivity index (χ4n) is 3.09. The van der Waals surface area contributed by atoms with Gasteiger partial charge in [-0.25, -0.2) is 14.1 Å². The van der Waals surface area contributed by atoms with E-state index in [9.17, 15) is 9.18 Å². The molecule has 0 saturated heterocycles. The van der Waals surface area contributed by atoms with Crippen LogP contribution in [0.3, 0.4) is 0 Å². The summed E-state index contributed by atoms with van der Waals surface area (Å²) in [4.78, 5) is 19.0. The van der Waals surface area contributed by atoms with Gasteiger partial charge in [-0.1, -0.05) is 0 Å². The van der Waals surface area contributed by atoms with Crippen LogP contribution in [0.4, 0.5) is 10.1 Å². The Kier molecular flexibility index (Phi) is 5.44. The van der Waals surface area contributed by atoms with Gasteiger partial charge in [-0.2, -0.15) is 5.10 Å². The van der Waals surface area contributed by atoms with Crippen LogP contribution in [0.15, 0.2) is 42.6 Å². The number of aryl methyl sites for hydroxylation is 2. The molecule has 0 atom stereocenters. The van der Waals surface area contributed by atoms with Crippen molar-refractivity contribution in [1.82, 2.24) is 14.8 Å². The van der Waals surface area contributed by atoms with E-state index in [1.54, 1.807) is 22.9 Å². The molecule has 0 bridgehead atoms. The van der Waals surface area contributed by atoms with Crippen LogP contribution in [0, 0.1) is 19.7 Å². The first-order chi connectivity index (χ1) is 13.3. The summed E-state index contributed by atoms with van der Waals surface area (Å²) in [6.45, 7) is 7.60. The minimum Gasteiger partial charge on any atom is -0.494 e. The van der Waals surface area contributed by atoms with Crippen LogP contribution < -0.4 is 9.64 Å². The molecular weight excluding hydrogens is 359 g/mol. The largest absolute Gasteiger partial charge is 0.494 e. The number of hydrogen-bond donors (Lipinski definition) is 0. The highest BCUT2D eigenvalue weighted by atomic mass is 19.1. The van der Waals surface area contributed by atoms with Crippen LogP contribution in [0.2, 0.25) is 0 Å². The number of rotatable bonds is 5. The van der Waals surface area contributed by atoms with E-state index < -0.39 is 5.82 Å².